The molecule has 0 aliphatic rings. The summed E-state index contributed by atoms with van der Waals surface area (Å²) in [5, 5.41) is 11.5. The maximum Gasteiger partial charge on any atom is 0.408 e. The van der Waals surface area contributed by atoms with Crippen LogP contribution in [-0.2, 0) is 4.74 Å². The topological polar surface area (TPSA) is 77.2 Å². The number of nitrogens with zero attached hydrogens (tertiary/aromatic N) is 2. The summed E-state index contributed by atoms with van der Waals surface area (Å²) in [6.07, 6.45) is 2.48. The zero-order valence-corrected chi connectivity index (χ0v) is 16.5. The zero-order chi connectivity index (χ0) is 18.3. The smallest absolute Gasteiger partial charge is 0.408 e. The van der Waals surface area contributed by atoms with Crippen LogP contribution in [0.2, 0.25) is 0 Å². The monoisotopic (exact) mass is 355 g/mol. The van der Waals surface area contributed by atoms with Gasteiger partial charge >= 0.3 is 6.09 Å². The largest absolute Gasteiger partial charge is 0.444 e. The van der Waals surface area contributed by atoms with Crippen molar-refractivity contribution in [1.82, 2.24) is 15.5 Å². The molecule has 1 rings (SSSR count). The molecule has 0 radical (unpaired) electrons. The number of aromatic nitrogens is 2. The number of thioether (sulfide) groups is 1. The van der Waals surface area contributed by atoms with Gasteiger partial charge in [-0.2, -0.15) is 0 Å². The van der Waals surface area contributed by atoms with Gasteiger partial charge in [-0.25, -0.2) is 4.79 Å². The Bertz CT molecular complexity index is 560. The number of hydrogen-bond donors (Lipinski definition) is 1. The number of amides is 1. The molecule has 0 saturated carbocycles. The van der Waals surface area contributed by atoms with Gasteiger partial charge in [0.2, 0.25) is 5.89 Å². The summed E-state index contributed by atoms with van der Waals surface area (Å²) in [4.78, 5) is 12.1. The average Bonchev–Trinajstić information content (AvgIpc) is 2.90. The van der Waals surface area contributed by atoms with Gasteiger partial charge in [0, 0.05) is 5.75 Å². The molecule has 0 saturated heterocycles. The Balaban J connectivity index is 2.80. The minimum Gasteiger partial charge on any atom is -0.444 e. The molecule has 0 aromatic carbocycles. The summed E-state index contributed by atoms with van der Waals surface area (Å²) in [6.45, 7) is 13.7. The Kier molecular flexibility index (Phi) is 7.79. The molecule has 24 heavy (non-hydrogen) atoms. The molecule has 0 fully saturated rings. The molecule has 0 bridgehead atoms. The molecule has 1 aromatic rings. The fraction of sp³-hybridized carbons (Fsp3) is 0.706. The SMILES string of the molecule is CC[C@@H](C)[C@H](NC(=O)OC(C)(C)C)c1nnc(SCC=C(C)C)o1. The van der Waals surface area contributed by atoms with Gasteiger partial charge in [0.05, 0.1) is 0 Å². The molecular weight excluding hydrogens is 326 g/mol. The van der Waals surface area contributed by atoms with Crippen LogP contribution >= 0.6 is 11.8 Å². The number of hydrogen-bond acceptors (Lipinski definition) is 6. The van der Waals surface area contributed by atoms with Crippen LogP contribution in [0, 0.1) is 5.92 Å². The number of alkyl carbamates (subject to hydrolysis) is 1. The molecule has 136 valence electrons. The maximum absolute atomic E-state index is 12.1. The van der Waals surface area contributed by atoms with Crippen molar-refractivity contribution < 1.29 is 13.9 Å². The van der Waals surface area contributed by atoms with Crippen molar-refractivity contribution in [3.8, 4) is 0 Å². The number of rotatable bonds is 7. The fourth-order valence-electron chi connectivity index (χ4n) is 1.80. The van der Waals surface area contributed by atoms with Gasteiger partial charge in [-0.3, -0.25) is 0 Å². The second-order valence-electron chi connectivity index (χ2n) is 7.01. The second-order valence-corrected chi connectivity index (χ2v) is 7.98. The van der Waals surface area contributed by atoms with Crippen molar-refractivity contribution in [2.45, 2.75) is 71.8 Å². The van der Waals surface area contributed by atoms with E-state index in [4.69, 9.17) is 9.15 Å². The molecule has 0 spiro atoms. The van der Waals surface area contributed by atoms with E-state index in [1.165, 1.54) is 17.3 Å². The van der Waals surface area contributed by atoms with E-state index in [2.05, 4.69) is 28.5 Å². The first kappa shape index (κ1) is 20.5. The van der Waals surface area contributed by atoms with E-state index in [9.17, 15) is 4.79 Å². The number of carbonyl (C=O) groups is 1. The van der Waals surface area contributed by atoms with Crippen LogP contribution in [0.1, 0.15) is 66.8 Å². The highest BCUT2D eigenvalue weighted by molar-refractivity contribution is 7.99. The summed E-state index contributed by atoms with van der Waals surface area (Å²) < 4.78 is 11.1. The Morgan fingerprint density at radius 3 is 2.58 bits per heavy atom. The Morgan fingerprint density at radius 2 is 2.04 bits per heavy atom. The molecule has 7 heteroatoms. The number of ether oxygens (including phenoxy) is 1. The van der Waals surface area contributed by atoms with Crippen LogP contribution in [0.5, 0.6) is 0 Å². The summed E-state index contributed by atoms with van der Waals surface area (Å²) in [6, 6.07) is -0.366. The first-order valence-electron chi connectivity index (χ1n) is 8.21. The van der Waals surface area contributed by atoms with Gasteiger partial charge in [-0.1, -0.05) is 43.7 Å². The van der Waals surface area contributed by atoms with Crippen LogP contribution < -0.4 is 5.32 Å². The molecular formula is C17H29N3O3S. The number of nitrogens with one attached hydrogen (secondary N) is 1. The van der Waals surface area contributed by atoms with Crippen molar-refractivity contribution in [3.05, 3.63) is 17.5 Å². The van der Waals surface area contributed by atoms with E-state index in [0.717, 1.165) is 12.2 Å². The molecule has 1 aromatic heterocycles. The minimum absolute atomic E-state index is 0.147. The normalized spacial score (nSPS) is 14.0. The summed E-state index contributed by atoms with van der Waals surface area (Å²) >= 11 is 1.47. The second kappa shape index (κ2) is 9.11. The number of allylic oxidation sites excluding steroid dienone is 1. The highest BCUT2D eigenvalue weighted by Crippen LogP contribution is 2.27. The molecule has 1 N–H and O–H groups in total. The maximum atomic E-state index is 12.1. The van der Waals surface area contributed by atoms with Gasteiger partial charge in [-0.05, 0) is 40.5 Å². The average molecular weight is 356 g/mol. The molecule has 0 unspecified atom stereocenters. The van der Waals surface area contributed by atoms with Crippen molar-refractivity contribution >= 4 is 17.9 Å². The van der Waals surface area contributed by atoms with Crippen molar-refractivity contribution in [1.29, 1.82) is 0 Å². The summed E-state index contributed by atoms with van der Waals surface area (Å²) in [5.41, 5.74) is 0.691. The van der Waals surface area contributed by atoms with Gasteiger partial charge in [-0.15, -0.1) is 10.2 Å². The van der Waals surface area contributed by atoms with E-state index < -0.39 is 11.7 Å². The highest BCUT2D eigenvalue weighted by Gasteiger charge is 2.28. The summed E-state index contributed by atoms with van der Waals surface area (Å²) in [5.74, 6) is 1.33. The Morgan fingerprint density at radius 1 is 1.38 bits per heavy atom. The van der Waals surface area contributed by atoms with Crippen LogP contribution in [0.4, 0.5) is 4.79 Å². The van der Waals surface area contributed by atoms with Crippen molar-refractivity contribution in [3.63, 3.8) is 0 Å². The lowest BCUT2D eigenvalue weighted by atomic mass is 9.99. The third-order valence-electron chi connectivity index (χ3n) is 3.27. The lowest BCUT2D eigenvalue weighted by Crippen LogP contribution is -2.37. The van der Waals surface area contributed by atoms with Gasteiger partial charge < -0.3 is 14.5 Å². The van der Waals surface area contributed by atoms with Crippen LogP contribution in [0.25, 0.3) is 0 Å². The molecule has 0 aliphatic heterocycles. The van der Waals surface area contributed by atoms with E-state index in [0.29, 0.717) is 11.1 Å². The van der Waals surface area contributed by atoms with Crippen molar-refractivity contribution in [2.24, 2.45) is 5.92 Å². The molecule has 1 heterocycles. The van der Waals surface area contributed by atoms with Gasteiger partial charge in [0.25, 0.3) is 5.22 Å². The standard InChI is InChI=1S/C17H29N3O3S/c1-8-12(4)13(18-15(21)23-17(5,6)7)14-19-20-16(22-14)24-10-9-11(2)3/h9,12-13H,8,10H2,1-7H3,(H,18,21)/t12-,13+/m1/s1. The van der Waals surface area contributed by atoms with Crippen molar-refractivity contribution in [2.75, 3.05) is 5.75 Å². The minimum atomic E-state index is -0.551. The Labute approximate surface area is 148 Å². The highest BCUT2D eigenvalue weighted by atomic mass is 32.2. The van der Waals surface area contributed by atoms with Crippen LogP contribution in [0.15, 0.2) is 21.3 Å². The molecule has 2 atom stereocenters. The molecule has 6 nitrogen and oxygen atoms in total. The number of carbonyl (C=O) groups excluding carboxylic acids is 1. The van der Waals surface area contributed by atoms with Crippen LogP contribution in [-0.4, -0.2) is 27.6 Å². The molecule has 1 amide bonds. The predicted molar refractivity (Wildman–Crippen MR) is 96.0 cm³/mol. The third-order valence-corrected chi connectivity index (χ3v) is 4.02. The zero-order valence-electron chi connectivity index (χ0n) is 15.7. The van der Waals surface area contributed by atoms with E-state index in [-0.39, 0.29) is 12.0 Å². The molecule has 0 aliphatic carbocycles. The lowest BCUT2D eigenvalue weighted by molar-refractivity contribution is 0.0474. The third kappa shape index (κ3) is 7.38. The van der Waals surface area contributed by atoms with E-state index >= 15 is 0 Å². The predicted octanol–water partition coefficient (Wildman–Crippen LogP) is 4.74. The first-order chi connectivity index (χ1) is 11.1. The van der Waals surface area contributed by atoms with Crippen LogP contribution in [0.3, 0.4) is 0 Å². The quantitative estimate of drug-likeness (QED) is 0.562. The van der Waals surface area contributed by atoms with Gasteiger partial charge in [0.15, 0.2) is 0 Å². The Hall–Kier alpha value is -1.50. The van der Waals surface area contributed by atoms with Gasteiger partial charge in [0.1, 0.15) is 11.6 Å². The van der Waals surface area contributed by atoms with E-state index in [1.807, 2.05) is 41.5 Å². The van der Waals surface area contributed by atoms with E-state index in [1.54, 1.807) is 0 Å². The first-order valence-corrected chi connectivity index (χ1v) is 9.20. The lowest BCUT2D eigenvalue weighted by Gasteiger charge is -2.24. The fourth-order valence-corrected chi connectivity index (χ4v) is 2.60. The summed E-state index contributed by atoms with van der Waals surface area (Å²) in [7, 11) is 0.